The summed E-state index contributed by atoms with van der Waals surface area (Å²) >= 11 is 8.37. The highest BCUT2D eigenvalue weighted by molar-refractivity contribution is 14.1. The van der Waals surface area contributed by atoms with Gasteiger partial charge in [0.15, 0.2) is 12.4 Å². The van der Waals surface area contributed by atoms with Gasteiger partial charge in [0.25, 0.3) is 5.91 Å². The summed E-state index contributed by atoms with van der Waals surface area (Å²) < 4.78 is 17.0. The van der Waals surface area contributed by atoms with Crippen molar-refractivity contribution < 1.29 is 19.0 Å². The average Bonchev–Trinajstić information content (AvgIpc) is 2.67. The number of benzene rings is 2. The molecule has 0 fully saturated rings. The van der Waals surface area contributed by atoms with Crippen molar-refractivity contribution in [2.45, 2.75) is 0 Å². The van der Waals surface area contributed by atoms with Crippen LogP contribution in [-0.2, 0) is 4.79 Å². The second-order valence-electron chi connectivity index (χ2n) is 5.47. The minimum Gasteiger partial charge on any atom is -0.497 e. The Hall–Kier alpha value is -2.26. The molecule has 0 bridgehead atoms. The van der Waals surface area contributed by atoms with Gasteiger partial charge in [-0.05, 0) is 52.9 Å². The zero-order valence-electron chi connectivity index (χ0n) is 14.6. The van der Waals surface area contributed by atoms with Gasteiger partial charge < -0.3 is 19.5 Å². The van der Waals surface area contributed by atoms with Crippen molar-refractivity contribution in [3.63, 3.8) is 0 Å². The smallest absolute Gasteiger partial charge is 0.262 e. The second kappa shape index (κ2) is 8.62. The summed E-state index contributed by atoms with van der Waals surface area (Å²) in [5, 5.41) is 4.12. The fraction of sp³-hybridized carbons (Fsp3) is 0.158. The van der Waals surface area contributed by atoms with E-state index in [1.807, 2.05) is 6.07 Å². The van der Waals surface area contributed by atoms with E-state index in [0.29, 0.717) is 33.5 Å². The van der Waals surface area contributed by atoms with E-state index in [1.165, 1.54) is 7.11 Å². The minimum absolute atomic E-state index is 0.191. The summed E-state index contributed by atoms with van der Waals surface area (Å²) in [6, 6.07) is 10.6. The third-order valence-corrected chi connectivity index (χ3v) is 4.89. The number of hydrogen-bond acceptors (Lipinski definition) is 5. The Morgan fingerprint density at radius 3 is 2.78 bits per heavy atom. The normalized spacial score (nSPS) is 10.5. The number of ether oxygens (including phenoxy) is 3. The van der Waals surface area contributed by atoms with Crippen molar-refractivity contribution in [1.29, 1.82) is 0 Å². The predicted octanol–water partition coefficient (Wildman–Crippen LogP) is 4.53. The van der Waals surface area contributed by atoms with Crippen LogP contribution in [0, 0.1) is 3.57 Å². The first-order valence-electron chi connectivity index (χ1n) is 7.91. The van der Waals surface area contributed by atoms with Crippen LogP contribution in [0.15, 0.2) is 42.6 Å². The number of halogens is 2. The van der Waals surface area contributed by atoms with E-state index in [-0.39, 0.29) is 12.5 Å². The summed E-state index contributed by atoms with van der Waals surface area (Å²) in [5.74, 6) is 1.31. The fourth-order valence-corrected chi connectivity index (χ4v) is 3.69. The zero-order valence-corrected chi connectivity index (χ0v) is 17.5. The van der Waals surface area contributed by atoms with E-state index in [4.69, 9.17) is 25.8 Å². The maximum Gasteiger partial charge on any atom is 0.262 e. The lowest BCUT2D eigenvalue weighted by Crippen LogP contribution is -2.21. The van der Waals surface area contributed by atoms with Gasteiger partial charge in [0.05, 0.1) is 28.5 Å². The van der Waals surface area contributed by atoms with E-state index in [9.17, 15) is 4.79 Å². The summed E-state index contributed by atoms with van der Waals surface area (Å²) in [5.41, 5.74) is 1.11. The molecule has 1 amide bonds. The van der Waals surface area contributed by atoms with Crippen LogP contribution in [0.3, 0.4) is 0 Å². The molecule has 0 saturated heterocycles. The Bertz CT molecular complexity index is 997. The molecule has 0 atom stereocenters. The van der Waals surface area contributed by atoms with Gasteiger partial charge >= 0.3 is 0 Å². The van der Waals surface area contributed by atoms with E-state index in [0.717, 1.165) is 8.96 Å². The molecular weight excluding hydrogens is 483 g/mol. The van der Waals surface area contributed by atoms with Crippen LogP contribution in [0.2, 0.25) is 5.02 Å². The molecule has 0 radical (unpaired) electrons. The molecule has 1 aromatic heterocycles. The van der Waals surface area contributed by atoms with Crippen LogP contribution >= 0.6 is 34.2 Å². The van der Waals surface area contributed by atoms with E-state index >= 15 is 0 Å². The number of fused-ring (bicyclic) bond motifs is 1. The molecule has 3 rings (SSSR count). The van der Waals surface area contributed by atoms with Gasteiger partial charge in [-0.2, -0.15) is 0 Å². The van der Waals surface area contributed by atoms with E-state index in [1.54, 1.807) is 43.6 Å². The molecule has 3 aromatic rings. The molecular formula is C19H16ClIN2O4. The van der Waals surface area contributed by atoms with E-state index < -0.39 is 0 Å². The van der Waals surface area contributed by atoms with Crippen molar-refractivity contribution in [1.82, 2.24) is 4.98 Å². The zero-order chi connectivity index (χ0) is 19.4. The lowest BCUT2D eigenvalue weighted by atomic mass is 10.2. The van der Waals surface area contributed by atoms with Crippen LogP contribution in [0.5, 0.6) is 17.2 Å². The largest absolute Gasteiger partial charge is 0.497 e. The van der Waals surface area contributed by atoms with Crippen LogP contribution in [0.25, 0.3) is 10.9 Å². The first-order chi connectivity index (χ1) is 13.0. The van der Waals surface area contributed by atoms with Gasteiger partial charge in [-0.25, -0.2) is 0 Å². The molecule has 27 heavy (non-hydrogen) atoms. The van der Waals surface area contributed by atoms with E-state index in [2.05, 4.69) is 32.9 Å². The van der Waals surface area contributed by atoms with Crippen molar-refractivity contribution >= 4 is 56.7 Å². The summed E-state index contributed by atoms with van der Waals surface area (Å²) in [7, 11) is 3.08. The van der Waals surface area contributed by atoms with Gasteiger partial charge in [-0.15, -0.1) is 0 Å². The molecule has 0 spiro atoms. The monoisotopic (exact) mass is 498 g/mol. The van der Waals surface area contributed by atoms with Crippen LogP contribution in [0.4, 0.5) is 5.69 Å². The van der Waals surface area contributed by atoms with Gasteiger partial charge in [-0.3, -0.25) is 9.78 Å². The molecule has 0 unspecified atom stereocenters. The van der Waals surface area contributed by atoms with Crippen LogP contribution in [0.1, 0.15) is 0 Å². The SMILES string of the molecule is COc1ccc(OC)c(NC(=O)COc2c(I)cc(Cl)c3cccnc23)c1. The second-order valence-corrected chi connectivity index (χ2v) is 7.04. The highest BCUT2D eigenvalue weighted by atomic mass is 127. The summed E-state index contributed by atoms with van der Waals surface area (Å²) in [6.07, 6.45) is 1.66. The Morgan fingerprint density at radius 1 is 1.22 bits per heavy atom. The molecule has 8 heteroatoms. The standard InChI is InChI=1S/C19H16ClIN2O4/c1-25-11-5-6-16(26-2)15(8-11)23-17(24)10-27-19-14(21)9-13(20)12-4-3-7-22-18(12)19/h3-9H,10H2,1-2H3,(H,23,24). The molecule has 6 nitrogen and oxygen atoms in total. The Balaban J connectivity index is 1.78. The maximum atomic E-state index is 12.4. The minimum atomic E-state index is -0.337. The van der Waals surface area contributed by atoms with Gasteiger partial charge in [-0.1, -0.05) is 11.6 Å². The number of carbonyl (C=O) groups excluding carboxylic acids is 1. The number of nitrogens with zero attached hydrogens (tertiary/aromatic N) is 1. The predicted molar refractivity (Wildman–Crippen MR) is 113 cm³/mol. The number of methoxy groups -OCH3 is 2. The number of nitrogens with one attached hydrogen (secondary N) is 1. The first kappa shape index (κ1) is 19.5. The number of hydrogen-bond donors (Lipinski definition) is 1. The fourth-order valence-electron chi connectivity index (χ4n) is 2.52. The lowest BCUT2D eigenvalue weighted by Gasteiger charge is -2.14. The quantitative estimate of drug-likeness (QED) is 0.506. The molecule has 1 heterocycles. The number of pyridine rings is 1. The number of anilines is 1. The molecule has 0 saturated carbocycles. The molecule has 0 aliphatic rings. The molecule has 0 aliphatic carbocycles. The Kier molecular flexibility index (Phi) is 6.22. The van der Waals surface area contributed by atoms with Gasteiger partial charge in [0, 0.05) is 17.6 Å². The number of aromatic nitrogens is 1. The number of rotatable bonds is 6. The molecule has 1 N–H and O–H groups in total. The lowest BCUT2D eigenvalue weighted by molar-refractivity contribution is -0.118. The first-order valence-corrected chi connectivity index (χ1v) is 9.36. The number of amides is 1. The molecule has 0 aliphatic heterocycles. The highest BCUT2D eigenvalue weighted by Crippen LogP contribution is 2.35. The molecule has 140 valence electrons. The third kappa shape index (κ3) is 4.36. The van der Waals surface area contributed by atoms with Crippen molar-refractivity contribution in [2.75, 3.05) is 26.1 Å². The van der Waals surface area contributed by atoms with Gasteiger partial charge in [0.1, 0.15) is 17.0 Å². The van der Waals surface area contributed by atoms with Gasteiger partial charge in [0.2, 0.25) is 0 Å². The van der Waals surface area contributed by atoms with Crippen molar-refractivity contribution in [2.24, 2.45) is 0 Å². The van der Waals surface area contributed by atoms with Crippen molar-refractivity contribution in [3.05, 3.63) is 51.2 Å². The van der Waals surface area contributed by atoms with Crippen LogP contribution < -0.4 is 19.5 Å². The van der Waals surface area contributed by atoms with Crippen molar-refractivity contribution in [3.8, 4) is 17.2 Å². The third-order valence-electron chi connectivity index (χ3n) is 3.78. The summed E-state index contributed by atoms with van der Waals surface area (Å²) in [4.78, 5) is 16.7. The Labute approximate surface area is 174 Å². The maximum absolute atomic E-state index is 12.4. The average molecular weight is 499 g/mol. The number of carbonyl (C=O) groups is 1. The van der Waals surface area contributed by atoms with Crippen LogP contribution in [-0.4, -0.2) is 31.7 Å². The topological polar surface area (TPSA) is 69.7 Å². The summed E-state index contributed by atoms with van der Waals surface area (Å²) in [6.45, 7) is -0.191. The highest BCUT2D eigenvalue weighted by Gasteiger charge is 2.15. The Morgan fingerprint density at radius 2 is 2.04 bits per heavy atom. The molecule has 2 aromatic carbocycles.